The summed E-state index contributed by atoms with van der Waals surface area (Å²) in [5.41, 5.74) is 2.39. The van der Waals surface area contributed by atoms with Crippen molar-refractivity contribution in [3.63, 3.8) is 0 Å². The number of carbonyl (C=O) groups excluding carboxylic acids is 5. The fourth-order valence-corrected chi connectivity index (χ4v) is 20.2. The van der Waals surface area contributed by atoms with Gasteiger partial charge in [-0.1, -0.05) is 32.9 Å². The van der Waals surface area contributed by atoms with Crippen LogP contribution in [0.4, 0.5) is 0 Å². The highest BCUT2D eigenvalue weighted by molar-refractivity contribution is 5.88. The number of carbonyl (C=O) groups is 5. The molecule has 15 nitrogen and oxygen atoms in total. The van der Waals surface area contributed by atoms with Gasteiger partial charge in [0.25, 0.3) is 0 Å². The Kier molecular flexibility index (Phi) is 18.3. The first-order chi connectivity index (χ1) is 38.9. The Bertz CT molecular complexity index is 2500. The fourth-order valence-electron chi connectivity index (χ4n) is 20.2. The highest BCUT2D eigenvalue weighted by Crippen LogP contribution is 2.68. The molecule has 28 atom stereocenters. The van der Waals surface area contributed by atoms with Crippen LogP contribution in [0, 0.1) is 112 Å². The Morgan fingerprint density at radius 3 is 1.26 bits per heavy atom. The first-order valence-electron chi connectivity index (χ1n) is 31.5. The molecule has 12 bridgehead atoms. The van der Waals surface area contributed by atoms with E-state index in [0.29, 0.717) is 128 Å². The quantitative estimate of drug-likeness (QED) is 0.0563. The number of rotatable bonds is 11. The first-order valence-corrected chi connectivity index (χ1v) is 31.5. The number of ether oxygens (including phenoxy) is 5. The van der Waals surface area contributed by atoms with Crippen LogP contribution in [-0.4, -0.2) is 117 Å². The predicted octanol–water partition coefficient (Wildman–Crippen LogP) is 8.73. The second-order valence-corrected chi connectivity index (χ2v) is 28.7. The molecule has 5 N–H and O–H groups in total. The van der Waals surface area contributed by atoms with Crippen molar-refractivity contribution >= 4 is 29.8 Å². The molecule has 14 aliphatic rings. The third-order valence-electron chi connectivity index (χ3n) is 23.5. The minimum atomic E-state index is -0.294. The van der Waals surface area contributed by atoms with E-state index in [-0.39, 0.29) is 91.4 Å². The number of aliphatic hydroxyl groups is 5. The van der Waals surface area contributed by atoms with E-state index >= 15 is 0 Å². The standard InChI is InChI=1S/C16H22O3.2C14H20O3.C12H18O3.C11H16O3/c1-7(2)16(18)19-13-6-9-4-11(13)15-8-3-10(14(9)15)12(17)5-8;1-7(2)14(16)17-13-4-8-3-12(13)11-6-9(15)5-10(8)11;1-7(2)14(16)17-12-4-3-9-10-5-8(13(9)12)6-11(10)15;1-7(2)12(14)15-11-5-8-3-9(11)4-10(8)6-13;1-6(2)11(13)14-10-5-7-3-8(10)4-9(7)12/h8-15,17H,1,3-6H2,2H3;2*8-13,15H,1,3-6H2,2H3;8-11,13H,1,3-6H2,2H3;7-10,12H,1,3-5H2,2H3. The van der Waals surface area contributed by atoms with Crippen LogP contribution < -0.4 is 0 Å². The summed E-state index contributed by atoms with van der Waals surface area (Å²) in [4.78, 5) is 57.5. The van der Waals surface area contributed by atoms with E-state index in [9.17, 15) is 44.4 Å². The first kappa shape index (κ1) is 61.0. The highest BCUT2D eigenvalue weighted by Gasteiger charge is 2.66. The zero-order valence-corrected chi connectivity index (χ0v) is 49.5. The van der Waals surface area contributed by atoms with E-state index in [0.717, 1.165) is 108 Å². The van der Waals surface area contributed by atoms with Gasteiger partial charge in [-0.05, 0) is 257 Å². The Morgan fingerprint density at radius 2 is 0.732 bits per heavy atom. The summed E-state index contributed by atoms with van der Waals surface area (Å²) in [5.74, 6) is 9.39. The Balaban J connectivity index is 0.000000115. The minimum absolute atomic E-state index is 0.0209. The van der Waals surface area contributed by atoms with Gasteiger partial charge in [-0.3, -0.25) is 0 Å². The van der Waals surface area contributed by atoms with Gasteiger partial charge in [0.15, 0.2) is 0 Å². The van der Waals surface area contributed by atoms with Crippen molar-refractivity contribution < 1.29 is 73.2 Å². The zero-order chi connectivity index (χ0) is 58.9. The second-order valence-electron chi connectivity index (χ2n) is 28.7. The van der Waals surface area contributed by atoms with E-state index in [1.807, 2.05) is 0 Å². The van der Waals surface area contributed by atoms with Crippen LogP contribution in [0.1, 0.15) is 150 Å². The molecule has 15 heteroatoms. The maximum atomic E-state index is 11.7. The molecule has 0 aromatic carbocycles. The average Bonchev–Trinajstić information content (AvgIpc) is 2.07. The summed E-state index contributed by atoms with van der Waals surface area (Å²) >= 11 is 0. The highest BCUT2D eigenvalue weighted by atomic mass is 16.6. The fraction of sp³-hybridized carbons (Fsp3) is 0.776. The molecule has 14 saturated carbocycles. The van der Waals surface area contributed by atoms with Gasteiger partial charge < -0.3 is 49.2 Å². The summed E-state index contributed by atoms with van der Waals surface area (Å²) in [5, 5.41) is 48.4. The Morgan fingerprint density at radius 1 is 0.329 bits per heavy atom. The van der Waals surface area contributed by atoms with E-state index in [4.69, 9.17) is 28.8 Å². The normalized spacial score (nSPS) is 45.6. The molecule has 0 aliphatic heterocycles. The van der Waals surface area contributed by atoms with Gasteiger partial charge in [-0.2, -0.15) is 0 Å². The lowest BCUT2D eigenvalue weighted by Gasteiger charge is -2.39. The third-order valence-corrected chi connectivity index (χ3v) is 23.5. The van der Waals surface area contributed by atoms with Crippen molar-refractivity contribution in [3.8, 4) is 0 Å². The summed E-state index contributed by atoms with van der Waals surface area (Å²) in [6.07, 6.45) is 18.2. The lowest BCUT2D eigenvalue weighted by atomic mass is 9.69. The molecule has 0 radical (unpaired) electrons. The molecule has 0 amide bonds. The minimum Gasteiger partial charge on any atom is -0.459 e. The molecule has 0 saturated heterocycles. The SMILES string of the molecule is C=C(C)C(=O)OC1CC2CC1C1C3CC(O)C(C3)C21.C=C(C)C(=O)OC1CC2CC1C1CC(O)CC21.C=C(C)C(=O)OC1CC2CC1CC2CO.C=C(C)C(=O)OC1CC2CC1CC2O.C=C(C)C(=O)OC1CCC2C3CC(CC3O)C12. The van der Waals surface area contributed by atoms with Gasteiger partial charge >= 0.3 is 29.8 Å². The maximum absolute atomic E-state index is 11.7. The molecule has 0 heterocycles. The Hall–Kier alpha value is -4.15. The smallest absolute Gasteiger partial charge is 0.333 e. The summed E-state index contributed by atoms with van der Waals surface area (Å²) in [6.45, 7) is 26.8. The van der Waals surface area contributed by atoms with Crippen LogP contribution in [0.25, 0.3) is 0 Å². The van der Waals surface area contributed by atoms with Gasteiger partial charge in [-0.15, -0.1) is 0 Å². The van der Waals surface area contributed by atoms with Crippen LogP contribution in [0.5, 0.6) is 0 Å². The number of fused-ring (bicyclic) bond motifs is 23. The van der Waals surface area contributed by atoms with Crippen LogP contribution in [0.2, 0.25) is 0 Å². The molecule has 82 heavy (non-hydrogen) atoms. The van der Waals surface area contributed by atoms with Crippen molar-refractivity contribution in [2.45, 2.75) is 205 Å². The van der Waals surface area contributed by atoms with Crippen LogP contribution in [-0.2, 0) is 47.7 Å². The van der Waals surface area contributed by atoms with E-state index < -0.39 is 0 Å². The summed E-state index contributed by atoms with van der Waals surface area (Å²) in [6, 6.07) is 0. The molecule has 454 valence electrons. The largest absolute Gasteiger partial charge is 0.459 e. The van der Waals surface area contributed by atoms with Crippen LogP contribution in [0.3, 0.4) is 0 Å². The number of aliphatic hydroxyl groups excluding tert-OH is 5. The zero-order valence-electron chi connectivity index (χ0n) is 49.5. The van der Waals surface area contributed by atoms with Crippen molar-refractivity contribution in [1.29, 1.82) is 0 Å². The molecule has 0 spiro atoms. The molecule has 14 aliphatic carbocycles. The molecule has 14 rings (SSSR count). The van der Waals surface area contributed by atoms with Gasteiger partial charge in [0.2, 0.25) is 0 Å². The molecular formula is C67H96O15. The topological polar surface area (TPSA) is 233 Å². The summed E-state index contributed by atoms with van der Waals surface area (Å²) < 4.78 is 27.4. The van der Waals surface area contributed by atoms with Gasteiger partial charge in [0.05, 0.1) is 24.4 Å². The van der Waals surface area contributed by atoms with Gasteiger partial charge in [-0.25, -0.2) is 24.0 Å². The molecule has 28 unspecified atom stereocenters. The van der Waals surface area contributed by atoms with E-state index in [1.54, 1.807) is 34.6 Å². The number of hydrogen-bond donors (Lipinski definition) is 5. The Labute approximate surface area is 486 Å². The van der Waals surface area contributed by atoms with Crippen LogP contribution >= 0.6 is 0 Å². The molecule has 0 aromatic heterocycles. The lowest BCUT2D eigenvalue weighted by molar-refractivity contribution is -0.150. The van der Waals surface area contributed by atoms with Gasteiger partial charge in [0, 0.05) is 40.4 Å². The third kappa shape index (κ3) is 12.2. The van der Waals surface area contributed by atoms with Crippen molar-refractivity contribution in [2.75, 3.05) is 6.61 Å². The van der Waals surface area contributed by atoms with E-state index in [1.165, 1.54) is 19.3 Å². The van der Waals surface area contributed by atoms with E-state index in [2.05, 4.69) is 32.9 Å². The van der Waals surface area contributed by atoms with Gasteiger partial charge in [0.1, 0.15) is 30.5 Å². The summed E-state index contributed by atoms with van der Waals surface area (Å²) in [7, 11) is 0. The number of esters is 5. The monoisotopic (exact) mass is 1140 g/mol. The molecular weight excluding hydrogens is 1040 g/mol. The average molecular weight is 1140 g/mol. The van der Waals surface area contributed by atoms with Crippen molar-refractivity contribution in [3.05, 3.63) is 60.8 Å². The maximum Gasteiger partial charge on any atom is 0.333 e. The molecule has 14 fully saturated rings. The number of hydrogen-bond acceptors (Lipinski definition) is 15. The second kappa shape index (κ2) is 24.7. The van der Waals surface area contributed by atoms with Crippen LogP contribution in [0.15, 0.2) is 60.8 Å². The predicted molar refractivity (Wildman–Crippen MR) is 304 cm³/mol. The van der Waals surface area contributed by atoms with Crippen molar-refractivity contribution in [1.82, 2.24) is 0 Å². The molecule has 0 aromatic rings. The van der Waals surface area contributed by atoms with Crippen molar-refractivity contribution in [2.24, 2.45) is 112 Å². The lowest BCUT2D eigenvalue weighted by Crippen LogP contribution is -2.40.